The van der Waals surface area contributed by atoms with E-state index in [1.165, 1.54) is 7.11 Å². The fourth-order valence-electron chi connectivity index (χ4n) is 1.38. The van der Waals surface area contributed by atoms with Gasteiger partial charge >= 0.3 is 6.18 Å². The zero-order valence-electron chi connectivity index (χ0n) is 9.34. The van der Waals surface area contributed by atoms with Crippen molar-refractivity contribution < 1.29 is 22.6 Å². The molecule has 0 fully saturated rings. The highest BCUT2D eigenvalue weighted by molar-refractivity contribution is 6.31. The number of alkyl halides is 3. The Morgan fingerprint density at radius 3 is 2.56 bits per heavy atom. The first-order valence-corrected chi connectivity index (χ1v) is 5.15. The van der Waals surface area contributed by atoms with Crippen LogP contribution in [0.1, 0.15) is 16.7 Å². The summed E-state index contributed by atoms with van der Waals surface area (Å²) < 4.78 is 47.7. The molecule has 18 heavy (non-hydrogen) atoms. The van der Waals surface area contributed by atoms with Crippen molar-refractivity contribution in [1.29, 1.82) is 5.26 Å². The van der Waals surface area contributed by atoms with Gasteiger partial charge in [-0.05, 0) is 12.1 Å². The molecule has 0 unspecified atom stereocenters. The van der Waals surface area contributed by atoms with E-state index in [-0.39, 0.29) is 22.9 Å². The van der Waals surface area contributed by atoms with E-state index in [1.807, 2.05) is 0 Å². The first-order chi connectivity index (χ1) is 8.41. The van der Waals surface area contributed by atoms with Gasteiger partial charge in [0.25, 0.3) is 0 Å². The Labute approximate surface area is 107 Å². The number of hydrogen-bond donors (Lipinski definition) is 0. The van der Waals surface area contributed by atoms with E-state index in [9.17, 15) is 13.2 Å². The Hall–Kier alpha value is -1.29. The number of nitrogens with zero attached hydrogens (tertiary/aromatic N) is 1. The second-order valence-corrected chi connectivity index (χ2v) is 3.72. The molecule has 1 aromatic rings. The third-order valence-corrected chi connectivity index (χ3v) is 2.44. The van der Waals surface area contributed by atoms with Crippen LogP contribution in [-0.2, 0) is 22.3 Å². The number of halogens is 4. The Morgan fingerprint density at radius 2 is 2.06 bits per heavy atom. The van der Waals surface area contributed by atoms with Crippen molar-refractivity contribution in [3.63, 3.8) is 0 Å². The van der Waals surface area contributed by atoms with Crippen LogP contribution in [0.15, 0.2) is 12.1 Å². The summed E-state index contributed by atoms with van der Waals surface area (Å²) in [6.45, 7) is -0.569. The monoisotopic (exact) mass is 279 g/mol. The quantitative estimate of drug-likeness (QED) is 0.627. The average Bonchev–Trinajstić information content (AvgIpc) is 2.28. The number of hydrogen-bond acceptors (Lipinski definition) is 3. The molecular weight excluding hydrogens is 271 g/mol. The lowest BCUT2D eigenvalue weighted by Crippen LogP contribution is -2.12. The van der Waals surface area contributed by atoms with Crippen molar-refractivity contribution in [2.45, 2.75) is 12.8 Å². The van der Waals surface area contributed by atoms with Gasteiger partial charge in [0.05, 0.1) is 22.8 Å². The number of methoxy groups -OCH3 is 1. The van der Waals surface area contributed by atoms with Crippen LogP contribution in [0.25, 0.3) is 0 Å². The molecule has 0 saturated carbocycles. The molecule has 0 radical (unpaired) electrons. The van der Waals surface area contributed by atoms with Gasteiger partial charge in [0.2, 0.25) is 0 Å². The summed E-state index contributed by atoms with van der Waals surface area (Å²) >= 11 is 5.69. The Balaban J connectivity index is 3.23. The summed E-state index contributed by atoms with van der Waals surface area (Å²) in [7, 11) is 1.34. The molecule has 7 heteroatoms. The first kappa shape index (κ1) is 14.8. The Bertz CT molecular complexity index is 469. The fourth-order valence-corrected chi connectivity index (χ4v) is 1.60. The fraction of sp³-hybridized carbons (Fsp3) is 0.364. The van der Waals surface area contributed by atoms with Crippen molar-refractivity contribution in [3.05, 3.63) is 33.8 Å². The molecule has 1 rings (SSSR count). The van der Waals surface area contributed by atoms with Crippen molar-refractivity contribution >= 4 is 11.6 Å². The molecule has 0 aliphatic carbocycles. The lowest BCUT2D eigenvalue weighted by molar-refractivity contribution is -0.139. The summed E-state index contributed by atoms with van der Waals surface area (Å²) in [5.41, 5.74) is -1.45. The largest absolute Gasteiger partial charge is 0.416 e. The summed E-state index contributed by atoms with van der Waals surface area (Å²) in [4.78, 5) is 0. The molecule has 0 heterocycles. The van der Waals surface area contributed by atoms with Gasteiger partial charge < -0.3 is 9.47 Å². The first-order valence-electron chi connectivity index (χ1n) is 4.77. The molecule has 0 aliphatic rings. The van der Waals surface area contributed by atoms with Crippen LogP contribution in [0, 0.1) is 11.3 Å². The van der Waals surface area contributed by atoms with E-state index in [0.29, 0.717) is 0 Å². The smallest absolute Gasteiger partial charge is 0.359 e. The van der Waals surface area contributed by atoms with Gasteiger partial charge in [-0.2, -0.15) is 18.4 Å². The van der Waals surface area contributed by atoms with Crippen molar-refractivity contribution in [2.24, 2.45) is 0 Å². The predicted molar refractivity (Wildman–Crippen MR) is 57.8 cm³/mol. The Morgan fingerprint density at radius 1 is 1.39 bits per heavy atom. The lowest BCUT2D eigenvalue weighted by atomic mass is 10.0. The third kappa shape index (κ3) is 3.35. The van der Waals surface area contributed by atoms with Crippen LogP contribution < -0.4 is 0 Å². The molecule has 0 amide bonds. The minimum absolute atomic E-state index is 0.0403. The van der Waals surface area contributed by atoms with Crippen molar-refractivity contribution in [1.82, 2.24) is 0 Å². The third-order valence-electron chi connectivity index (χ3n) is 2.13. The van der Waals surface area contributed by atoms with Gasteiger partial charge in [-0.1, -0.05) is 11.6 Å². The van der Waals surface area contributed by atoms with Gasteiger partial charge in [-0.15, -0.1) is 0 Å². The molecular formula is C11H9ClF3NO2. The van der Waals surface area contributed by atoms with Crippen LogP contribution in [-0.4, -0.2) is 13.9 Å². The summed E-state index contributed by atoms with van der Waals surface area (Å²) in [5, 5.41) is 8.82. The van der Waals surface area contributed by atoms with Gasteiger partial charge in [0, 0.05) is 12.7 Å². The summed E-state index contributed by atoms with van der Waals surface area (Å²) in [6, 6.07) is 3.52. The normalized spacial score (nSPS) is 11.3. The second kappa shape index (κ2) is 6.05. The number of ether oxygens (including phenoxy) is 2. The van der Waals surface area contributed by atoms with Gasteiger partial charge in [-0.3, -0.25) is 0 Å². The number of benzene rings is 1. The molecule has 3 nitrogen and oxygen atoms in total. The number of rotatable bonds is 4. The SMILES string of the molecule is COCOCc1c(C(F)(F)F)ccc(Cl)c1C#N. The lowest BCUT2D eigenvalue weighted by Gasteiger charge is -2.15. The molecule has 0 atom stereocenters. The zero-order chi connectivity index (χ0) is 13.8. The van der Waals surface area contributed by atoms with Gasteiger partial charge in [0.1, 0.15) is 12.9 Å². The van der Waals surface area contributed by atoms with Crippen LogP contribution in [0.3, 0.4) is 0 Å². The molecule has 1 aromatic carbocycles. The number of nitriles is 1. The molecule has 0 saturated heterocycles. The minimum Gasteiger partial charge on any atom is -0.359 e. The summed E-state index contributed by atoms with van der Waals surface area (Å²) in [6.07, 6.45) is -4.57. The molecule has 0 spiro atoms. The molecule has 0 N–H and O–H groups in total. The highest BCUT2D eigenvalue weighted by Gasteiger charge is 2.35. The molecule has 0 bridgehead atoms. The van der Waals surface area contributed by atoms with Crippen LogP contribution in [0.5, 0.6) is 0 Å². The van der Waals surface area contributed by atoms with Gasteiger partial charge in [-0.25, -0.2) is 0 Å². The predicted octanol–water partition coefficient (Wildman–Crippen LogP) is 3.35. The van der Waals surface area contributed by atoms with E-state index in [2.05, 4.69) is 4.74 Å². The molecule has 0 aromatic heterocycles. The maximum absolute atomic E-state index is 12.8. The molecule has 98 valence electrons. The van der Waals surface area contributed by atoms with E-state index in [0.717, 1.165) is 12.1 Å². The highest BCUT2D eigenvalue weighted by atomic mass is 35.5. The highest BCUT2D eigenvalue weighted by Crippen LogP contribution is 2.35. The van der Waals surface area contributed by atoms with E-state index < -0.39 is 18.3 Å². The standard InChI is InChI=1S/C11H9ClF3NO2/c1-17-6-18-5-8-7(4-16)10(12)3-2-9(8)11(13,14)15/h2-3H,5-6H2,1H3. The van der Waals surface area contributed by atoms with Crippen molar-refractivity contribution in [3.8, 4) is 6.07 Å². The van der Waals surface area contributed by atoms with Crippen molar-refractivity contribution in [2.75, 3.05) is 13.9 Å². The molecule has 0 aliphatic heterocycles. The maximum atomic E-state index is 12.8. The van der Waals surface area contributed by atoms with E-state index in [4.69, 9.17) is 21.6 Å². The zero-order valence-corrected chi connectivity index (χ0v) is 10.1. The average molecular weight is 280 g/mol. The summed E-state index contributed by atoms with van der Waals surface area (Å²) in [5.74, 6) is 0. The second-order valence-electron chi connectivity index (χ2n) is 3.31. The van der Waals surface area contributed by atoms with E-state index >= 15 is 0 Å². The minimum atomic E-state index is -4.57. The van der Waals surface area contributed by atoms with Crippen LogP contribution in [0.2, 0.25) is 5.02 Å². The van der Waals surface area contributed by atoms with E-state index in [1.54, 1.807) is 6.07 Å². The topological polar surface area (TPSA) is 42.2 Å². The van der Waals surface area contributed by atoms with Crippen LogP contribution >= 0.6 is 11.6 Å². The van der Waals surface area contributed by atoms with Gasteiger partial charge in [0.15, 0.2) is 0 Å². The Kier molecular flexibility index (Phi) is 4.96. The van der Waals surface area contributed by atoms with Crippen LogP contribution in [0.4, 0.5) is 13.2 Å². The maximum Gasteiger partial charge on any atom is 0.416 e.